The molecular formula is C11H12O3. The Morgan fingerprint density at radius 3 is 2.57 bits per heavy atom. The largest absolute Gasteiger partial charge is 0.508 e. The number of carboxylic acid groups (broad SMARTS) is 1. The van der Waals surface area contributed by atoms with E-state index in [4.69, 9.17) is 5.11 Å². The Hall–Kier alpha value is -1.77. The molecule has 0 aromatic heterocycles. The molecule has 0 aliphatic rings. The van der Waals surface area contributed by atoms with Crippen LogP contribution in [0.5, 0.6) is 5.75 Å². The monoisotopic (exact) mass is 192 g/mol. The van der Waals surface area contributed by atoms with Crippen molar-refractivity contribution in [2.45, 2.75) is 13.8 Å². The smallest absolute Gasteiger partial charge is 0.331 e. The van der Waals surface area contributed by atoms with E-state index in [1.807, 2.05) is 0 Å². The molecule has 2 N–H and O–H groups in total. The van der Waals surface area contributed by atoms with E-state index < -0.39 is 5.97 Å². The molecule has 1 aromatic rings. The molecule has 0 spiro atoms. The molecule has 0 heterocycles. The highest BCUT2D eigenvalue weighted by atomic mass is 16.4. The van der Waals surface area contributed by atoms with Gasteiger partial charge in [-0.2, -0.15) is 0 Å². The Balaban J connectivity index is 3.67. The maximum atomic E-state index is 10.7. The number of aromatic hydroxyl groups is 1. The van der Waals surface area contributed by atoms with Gasteiger partial charge in [0.15, 0.2) is 0 Å². The van der Waals surface area contributed by atoms with Crippen molar-refractivity contribution in [2.24, 2.45) is 0 Å². The summed E-state index contributed by atoms with van der Waals surface area (Å²) in [6, 6.07) is 4.63. The Bertz CT molecular complexity index is 472. The molecule has 0 unspecified atom stereocenters. The number of phenols is 1. The van der Waals surface area contributed by atoms with E-state index in [9.17, 15) is 9.90 Å². The molecule has 0 amide bonds. The average Bonchev–Trinajstić information content (AvgIpc) is 2.16. The van der Waals surface area contributed by atoms with Crippen LogP contribution < -0.4 is 10.4 Å². The van der Waals surface area contributed by atoms with Crippen LogP contribution in [0.3, 0.4) is 0 Å². The van der Waals surface area contributed by atoms with E-state index in [1.54, 1.807) is 32.1 Å². The van der Waals surface area contributed by atoms with Crippen LogP contribution in [0.2, 0.25) is 0 Å². The van der Waals surface area contributed by atoms with Crippen LogP contribution in [-0.4, -0.2) is 16.2 Å². The fourth-order valence-electron chi connectivity index (χ4n) is 1.25. The fraction of sp³-hybridized carbons (Fsp3) is 0.182. The number of aliphatic carboxylic acids is 1. The van der Waals surface area contributed by atoms with E-state index in [0.717, 1.165) is 5.22 Å². The molecule has 0 fully saturated rings. The topological polar surface area (TPSA) is 57.5 Å². The molecule has 1 rings (SSSR count). The van der Waals surface area contributed by atoms with Crippen molar-refractivity contribution in [3.05, 3.63) is 28.6 Å². The molecule has 74 valence electrons. The highest BCUT2D eigenvalue weighted by Crippen LogP contribution is 1.99. The SMILES string of the molecule is C/C=c1/cc(O)cc/c1=C(/C)C(=O)O. The lowest BCUT2D eigenvalue weighted by Crippen LogP contribution is -2.27. The van der Waals surface area contributed by atoms with Crippen molar-refractivity contribution in [1.82, 2.24) is 0 Å². The van der Waals surface area contributed by atoms with Gasteiger partial charge in [0.05, 0.1) is 0 Å². The van der Waals surface area contributed by atoms with Gasteiger partial charge < -0.3 is 10.2 Å². The van der Waals surface area contributed by atoms with Crippen LogP contribution in [-0.2, 0) is 4.79 Å². The normalized spacial score (nSPS) is 14.0. The summed E-state index contributed by atoms with van der Waals surface area (Å²) in [6.45, 7) is 3.34. The first kappa shape index (κ1) is 10.3. The van der Waals surface area contributed by atoms with Crippen molar-refractivity contribution in [2.75, 3.05) is 0 Å². The minimum atomic E-state index is -0.946. The molecule has 0 saturated heterocycles. The van der Waals surface area contributed by atoms with E-state index in [1.165, 1.54) is 6.07 Å². The standard InChI is InChI=1S/C11H12O3/c1-3-8-6-9(12)4-5-10(8)7(2)11(13)14/h3-6,12H,1-2H3,(H,13,14)/b8-3-,10-7+. The molecule has 0 bridgehead atoms. The van der Waals surface area contributed by atoms with E-state index >= 15 is 0 Å². The van der Waals surface area contributed by atoms with Gasteiger partial charge in [-0.3, -0.25) is 0 Å². The summed E-state index contributed by atoms with van der Waals surface area (Å²) in [5.41, 5.74) is 0.276. The first-order valence-electron chi connectivity index (χ1n) is 4.26. The summed E-state index contributed by atoms with van der Waals surface area (Å²) in [7, 11) is 0. The van der Waals surface area contributed by atoms with Gasteiger partial charge in [-0.15, -0.1) is 0 Å². The number of hydrogen-bond donors (Lipinski definition) is 2. The molecule has 3 nitrogen and oxygen atoms in total. The lowest BCUT2D eigenvalue weighted by molar-refractivity contribution is -0.130. The zero-order valence-electron chi connectivity index (χ0n) is 8.11. The van der Waals surface area contributed by atoms with Crippen LogP contribution >= 0.6 is 0 Å². The highest BCUT2D eigenvalue weighted by Gasteiger charge is 2.01. The molecule has 0 aliphatic carbocycles. The van der Waals surface area contributed by atoms with Crippen molar-refractivity contribution >= 4 is 17.6 Å². The lowest BCUT2D eigenvalue weighted by atomic mass is 10.1. The first-order chi connectivity index (χ1) is 6.56. The number of carbonyl (C=O) groups is 1. The van der Waals surface area contributed by atoms with Gasteiger partial charge in [-0.05, 0) is 36.4 Å². The van der Waals surface area contributed by atoms with Gasteiger partial charge in [-0.1, -0.05) is 12.1 Å². The molecule has 14 heavy (non-hydrogen) atoms. The third-order valence-corrected chi connectivity index (χ3v) is 2.07. The molecule has 0 aliphatic heterocycles. The predicted octanol–water partition coefficient (Wildman–Crippen LogP) is 0.448. The third-order valence-electron chi connectivity index (χ3n) is 2.07. The first-order valence-corrected chi connectivity index (χ1v) is 4.26. The van der Waals surface area contributed by atoms with Crippen molar-refractivity contribution in [1.29, 1.82) is 0 Å². The number of phenolic OH excluding ortho intramolecular Hbond substituents is 1. The van der Waals surface area contributed by atoms with Gasteiger partial charge in [0.2, 0.25) is 0 Å². The van der Waals surface area contributed by atoms with Gasteiger partial charge >= 0.3 is 5.97 Å². The minimum Gasteiger partial charge on any atom is -0.508 e. The predicted molar refractivity (Wildman–Crippen MR) is 54.2 cm³/mol. The van der Waals surface area contributed by atoms with E-state index in [2.05, 4.69) is 0 Å². The van der Waals surface area contributed by atoms with Crippen molar-refractivity contribution in [3.63, 3.8) is 0 Å². The second-order valence-corrected chi connectivity index (χ2v) is 2.99. The number of benzene rings is 1. The Labute approximate surface area is 81.6 Å². The lowest BCUT2D eigenvalue weighted by Gasteiger charge is -1.96. The summed E-state index contributed by atoms with van der Waals surface area (Å²) in [5, 5.41) is 19.4. The van der Waals surface area contributed by atoms with Gasteiger partial charge in [0.1, 0.15) is 5.75 Å². The maximum absolute atomic E-state index is 10.7. The Morgan fingerprint density at radius 2 is 2.07 bits per heavy atom. The van der Waals surface area contributed by atoms with Crippen LogP contribution in [0.4, 0.5) is 0 Å². The minimum absolute atomic E-state index is 0.139. The van der Waals surface area contributed by atoms with Gasteiger partial charge in [0.25, 0.3) is 0 Å². The molecule has 0 radical (unpaired) electrons. The zero-order chi connectivity index (χ0) is 10.7. The summed E-state index contributed by atoms with van der Waals surface area (Å²) in [6.07, 6.45) is 1.77. The Kier molecular flexibility index (Phi) is 2.92. The second kappa shape index (κ2) is 3.96. The van der Waals surface area contributed by atoms with Gasteiger partial charge in [-0.25, -0.2) is 4.79 Å². The quantitative estimate of drug-likeness (QED) is 0.679. The van der Waals surface area contributed by atoms with Crippen LogP contribution in [0.1, 0.15) is 13.8 Å². The molecule has 1 aromatic carbocycles. The molecule has 0 atom stereocenters. The van der Waals surface area contributed by atoms with E-state index in [0.29, 0.717) is 5.22 Å². The Morgan fingerprint density at radius 1 is 1.43 bits per heavy atom. The zero-order valence-corrected chi connectivity index (χ0v) is 8.11. The van der Waals surface area contributed by atoms with Crippen LogP contribution in [0.15, 0.2) is 18.2 Å². The number of hydrogen-bond acceptors (Lipinski definition) is 2. The number of rotatable bonds is 1. The summed E-state index contributed by atoms with van der Waals surface area (Å²) >= 11 is 0. The highest BCUT2D eigenvalue weighted by molar-refractivity contribution is 6.07. The van der Waals surface area contributed by atoms with E-state index in [-0.39, 0.29) is 11.3 Å². The second-order valence-electron chi connectivity index (χ2n) is 2.99. The summed E-state index contributed by atoms with van der Waals surface area (Å²) < 4.78 is 0. The van der Waals surface area contributed by atoms with Crippen molar-refractivity contribution in [3.8, 4) is 5.75 Å². The summed E-state index contributed by atoms with van der Waals surface area (Å²) in [5.74, 6) is -0.807. The number of carboxylic acids is 1. The summed E-state index contributed by atoms with van der Waals surface area (Å²) in [4.78, 5) is 10.7. The fourth-order valence-corrected chi connectivity index (χ4v) is 1.25. The average molecular weight is 192 g/mol. The third kappa shape index (κ3) is 1.93. The molecular weight excluding hydrogens is 180 g/mol. The van der Waals surface area contributed by atoms with Crippen LogP contribution in [0.25, 0.3) is 11.6 Å². The van der Waals surface area contributed by atoms with Crippen LogP contribution in [0, 0.1) is 0 Å². The molecule has 0 saturated carbocycles. The maximum Gasteiger partial charge on any atom is 0.331 e. The molecule has 3 heteroatoms. The van der Waals surface area contributed by atoms with Crippen molar-refractivity contribution < 1.29 is 15.0 Å². The van der Waals surface area contributed by atoms with Gasteiger partial charge in [0, 0.05) is 5.57 Å².